The zero-order chi connectivity index (χ0) is 13.1. The third-order valence-corrected chi connectivity index (χ3v) is 5.09. The molecule has 0 bridgehead atoms. The highest BCUT2D eigenvalue weighted by atomic mass is 35.5. The van der Waals surface area contributed by atoms with Gasteiger partial charge >= 0.3 is 0 Å². The van der Waals surface area contributed by atoms with Gasteiger partial charge < -0.3 is 0 Å². The second-order valence-electron chi connectivity index (χ2n) is 6.17. The van der Waals surface area contributed by atoms with Crippen molar-refractivity contribution in [2.75, 3.05) is 13.1 Å². The van der Waals surface area contributed by atoms with Crippen LogP contribution < -0.4 is 0 Å². The predicted molar refractivity (Wildman–Crippen MR) is 77.1 cm³/mol. The topological polar surface area (TPSA) is 29.0 Å². The van der Waals surface area contributed by atoms with Gasteiger partial charge in [-0.05, 0) is 44.2 Å². The molecule has 0 unspecified atom stereocenters. The minimum Gasteiger partial charge on any atom is -0.297 e. The molecule has 1 saturated carbocycles. The van der Waals surface area contributed by atoms with Gasteiger partial charge in [-0.2, -0.15) is 0 Å². The Kier molecular flexibility index (Phi) is 4.04. The normalized spacial score (nSPS) is 23.6. The summed E-state index contributed by atoms with van der Waals surface area (Å²) in [5.74, 6) is 0. The van der Waals surface area contributed by atoms with Crippen molar-refractivity contribution in [3.05, 3.63) is 23.2 Å². The molecule has 1 saturated heterocycles. The van der Waals surface area contributed by atoms with Crippen molar-refractivity contribution < 1.29 is 0 Å². The summed E-state index contributed by atoms with van der Waals surface area (Å²) in [6.45, 7) is 3.34. The maximum absolute atomic E-state index is 5.76. The molecule has 2 aliphatic rings. The number of aromatic nitrogens is 2. The number of hydrogen-bond donors (Lipinski definition) is 0. The molecule has 0 atom stereocenters. The number of halogens is 1. The zero-order valence-corrected chi connectivity index (χ0v) is 12.2. The van der Waals surface area contributed by atoms with E-state index in [1.807, 2.05) is 0 Å². The van der Waals surface area contributed by atoms with Gasteiger partial charge in [-0.1, -0.05) is 30.9 Å². The van der Waals surface area contributed by atoms with Gasteiger partial charge in [0.1, 0.15) is 5.15 Å². The lowest BCUT2D eigenvalue weighted by Crippen LogP contribution is -2.40. The minimum absolute atomic E-state index is 0.476. The van der Waals surface area contributed by atoms with Crippen molar-refractivity contribution in [3.8, 4) is 0 Å². The van der Waals surface area contributed by atoms with E-state index in [1.54, 1.807) is 12.4 Å². The largest absolute Gasteiger partial charge is 0.297 e. The van der Waals surface area contributed by atoms with Gasteiger partial charge in [0, 0.05) is 6.54 Å². The smallest absolute Gasteiger partial charge is 0.147 e. The standard InChI is InChI=1S/C15H22ClN3/c16-14-11-17-13(10-18-14)12-19-8-6-15(7-9-19)4-2-1-3-5-15/h10-11H,1-9,12H2. The number of nitrogens with zero attached hydrogens (tertiary/aromatic N) is 3. The number of piperidine rings is 1. The molecule has 19 heavy (non-hydrogen) atoms. The summed E-state index contributed by atoms with van der Waals surface area (Å²) in [5, 5.41) is 0.476. The lowest BCUT2D eigenvalue weighted by Gasteiger charge is -2.44. The summed E-state index contributed by atoms with van der Waals surface area (Å²) >= 11 is 5.76. The van der Waals surface area contributed by atoms with Crippen LogP contribution in [-0.2, 0) is 6.54 Å². The molecule has 0 radical (unpaired) electrons. The van der Waals surface area contributed by atoms with E-state index < -0.39 is 0 Å². The average molecular weight is 280 g/mol. The summed E-state index contributed by atoms with van der Waals surface area (Å²) < 4.78 is 0. The molecule has 1 aliphatic carbocycles. The molecular weight excluding hydrogens is 258 g/mol. The van der Waals surface area contributed by atoms with E-state index in [4.69, 9.17) is 11.6 Å². The maximum atomic E-state index is 5.76. The molecule has 0 amide bonds. The molecular formula is C15H22ClN3. The van der Waals surface area contributed by atoms with E-state index in [2.05, 4.69) is 14.9 Å². The summed E-state index contributed by atoms with van der Waals surface area (Å²) in [6.07, 6.45) is 13.4. The Morgan fingerprint density at radius 2 is 1.74 bits per heavy atom. The first-order chi connectivity index (χ1) is 9.26. The van der Waals surface area contributed by atoms with E-state index in [1.165, 1.54) is 58.0 Å². The van der Waals surface area contributed by atoms with Gasteiger partial charge in [0.25, 0.3) is 0 Å². The van der Waals surface area contributed by atoms with Crippen LogP contribution in [0, 0.1) is 5.41 Å². The highest BCUT2D eigenvalue weighted by Gasteiger charge is 2.35. The molecule has 2 heterocycles. The molecule has 104 valence electrons. The van der Waals surface area contributed by atoms with Gasteiger partial charge in [-0.25, -0.2) is 4.98 Å². The highest BCUT2D eigenvalue weighted by Crippen LogP contribution is 2.44. The Morgan fingerprint density at radius 1 is 1.00 bits per heavy atom. The Labute approximate surface area is 120 Å². The fraction of sp³-hybridized carbons (Fsp3) is 0.733. The first kappa shape index (κ1) is 13.3. The SMILES string of the molecule is Clc1cnc(CN2CCC3(CCCCC3)CC2)cn1. The Morgan fingerprint density at radius 3 is 2.37 bits per heavy atom. The minimum atomic E-state index is 0.476. The summed E-state index contributed by atoms with van der Waals surface area (Å²) in [5.41, 5.74) is 1.71. The van der Waals surface area contributed by atoms with Gasteiger partial charge in [0.05, 0.1) is 18.1 Å². The van der Waals surface area contributed by atoms with Crippen LogP contribution >= 0.6 is 11.6 Å². The van der Waals surface area contributed by atoms with Gasteiger partial charge in [-0.15, -0.1) is 0 Å². The lowest BCUT2D eigenvalue weighted by atomic mass is 9.68. The van der Waals surface area contributed by atoms with Gasteiger partial charge in [0.2, 0.25) is 0 Å². The molecule has 1 aromatic rings. The molecule has 1 aliphatic heterocycles. The fourth-order valence-corrected chi connectivity index (χ4v) is 3.73. The van der Waals surface area contributed by atoms with Crippen LogP contribution in [-0.4, -0.2) is 28.0 Å². The third-order valence-electron chi connectivity index (χ3n) is 4.89. The quantitative estimate of drug-likeness (QED) is 0.827. The van der Waals surface area contributed by atoms with Crippen molar-refractivity contribution in [2.24, 2.45) is 5.41 Å². The van der Waals surface area contributed by atoms with Crippen molar-refractivity contribution in [1.82, 2.24) is 14.9 Å². The molecule has 3 rings (SSSR count). The maximum Gasteiger partial charge on any atom is 0.147 e. The van der Waals surface area contributed by atoms with Crippen LogP contribution in [0.5, 0.6) is 0 Å². The van der Waals surface area contributed by atoms with Crippen molar-refractivity contribution in [3.63, 3.8) is 0 Å². The Hall–Kier alpha value is -0.670. The van der Waals surface area contributed by atoms with Crippen LogP contribution in [0.2, 0.25) is 5.15 Å². The molecule has 1 spiro atoms. The zero-order valence-electron chi connectivity index (χ0n) is 11.4. The number of hydrogen-bond acceptors (Lipinski definition) is 3. The molecule has 2 fully saturated rings. The Bertz CT molecular complexity index is 402. The molecule has 0 N–H and O–H groups in total. The van der Waals surface area contributed by atoms with E-state index in [0.717, 1.165) is 12.2 Å². The molecule has 4 heteroatoms. The van der Waals surface area contributed by atoms with Crippen LogP contribution in [0.25, 0.3) is 0 Å². The van der Waals surface area contributed by atoms with Crippen LogP contribution in [0.3, 0.4) is 0 Å². The van der Waals surface area contributed by atoms with Crippen molar-refractivity contribution >= 4 is 11.6 Å². The van der Waals surface area contributed by atoms with E-state index in [-0.39, 0.29) is 0 Å². The van der Waals surface area contributed by atoms with Crippen molar-refractivity contribution in [1.29, 1.82) is 0 Å². The molecule has 1 aromatic heterocycles. The molecule has 0 aromatic carbocycles. The molecule has 3 nitrogen and oxygen atoms in total. The monoisotopic (exact) mass is 279 g/mol. The number of rotatable bonds is 2. The summed E-state index contributed by atoms with van der Waals surface area (Å²) in [7, 11) is 0. The Balaban J connectivity index is 1.54. The second kappa shape index (κ2) is 5.76. The van der Waals surface area contributed by atoms with Crippen molar-refractivity contribution in [2.45, 2.75) is 51.5 Å². The first-order valence-corrected chi connectivity index (χ1v) is 7.82. The summed E-state index contributed by atoms with van der Waals surface area (Å²) in [4.78, 5) is 11.0. The second-order valence-corrected chi connectivity index (χ2v) is 6.55. The predicted octanol–water partition coefficient (Wildman–Crippen LogP) is 3.68. The van der Waals surface area contributed by atoms with Crippen LogP contribution in [0.1, 0.15) is 50.6 Å². The van der Waals surface area contributed by atoms with Crippen LogP contribution in [0.15, 0.2) is 12.4 Å². The first-order valence-electron chi connectivity index (χ1n) is 7.45. The van der Waals surface area contributed by atoms with E-state index >= 15 is 0 Å². The van der Waals surface area contributed by atoms with E-state index in [9.17, 15) is 0 Å². The number of likely N-dealkylation sites (tertiary alicyclic amines) is 1. The van der Waals surface area contributed by atoms with Gasteiger partial charge in [-0.3, -0.25) is 9.88 Å². The fourth-order valence-electron chi connectivity index (χ4n) is 3.64. The summed E-state index contributed by atoms with van der Waals surface area (Å²) in [6, 6.07) is 0. The van der Waals surface area contributed by atoms with E-state index in [0.29, 0.717) is 10.6 Å². The average Bonchev–Trinajstić information content (AvgIpc) is 2.45. The van der Waals surface area contributed by atoms with Gasteiger partial charge in [0.15, 0.2) is 0 Å². The highest BCUT2D eigenvalue weighted by molar-refractivity contribution is 6.29. The lowest BCUT2D eigenvalue weighted by molar-refractivity contribution is 0.0635. The third kappa shape index (κ3) is 3.26. The van der Waals surface area contributed by atoms with Crippen LogP contribution in [0.4, 0.5) is 0 Å².